The number of benzene rings is 1. The van der Waals surface area contributed by atoms with Crippen molar-refractivity contribution in [2.75, 3.05) is 0 Å². The summed E-state index contributed by atoms with van der Waals surface area (Å²) in [6.07, 6.45) is 0. The molecule has 0 bridgehead atoms. The highest BCUT2D eigenvalue weighted by molar-refractivity contribution is 7.89. The molecule has 106 valence electrons. The van der Waals surface area contributed by atoms with Gasteiger partial charge in [0.1, 0.15) is 4.88 Å². The number of aromatic carboxylic acids is 1. The molecule has 0 saturated heterocycles. The number of rotatable bonds is 5. The maximum absolute atomic E-state index is 12.0. The van der Waals surface area contributed by atoms with Crippen LogP contribution in [-0.4, -0.2) is 19.5 Å². The van der Waals surface area contributed by atoms with Gasteiger partial charge in [-0.3, -0.25) is 0 Å². The highest BCUT2D eigenvalue weighted by Crippen LogP contribution is 2.19. The Kier molecular flexibility index (Phi) is 4.22. The molecule has 0 aliphatic heterocycles. The van der Waals surface area contributed by atoms with Gasteiger partial charge in [-0.25, -0.2) is 17.9 Å². The zero-order valence-electron chi connectivity index (χ0n) is 10.7. The van der Waals surface area contributed by atoms with Crippen LogP contribution in [-0.2, 0) is 16.6 Å². The summed E-state index contributed by atoms with van der Waals surface area (Å²) < 4.78 is 26.5. The highest BCUT2D eigenvalue weighted by atomic mass is 32.2. The van der Waals surface area contributed by atoms with Crippen LogP contribution in [0.5, 0.6) is 0 Å². The SMILES string of the molecule is Cc1ccc(CNS(=O)(=O)c2csc(C(=O)O)c2)cc1. The fraction of sp³-hybridized carbons (Fsp3) is 0.154. The first-order valence-electron chi connectivity index (χ1n) is 5.75. The van der Waals surface area contributed by atoms with E-state index in [0.29, 0.717) is 0 Å². The fourth-order valence-corrected chi connectivity index (χ4v) is 3.67. The van der Waals surface area contributed by atoms with Gasteiger partial charge in [-0.05, 0) is 18.6 Å². The van der Waals surface area contributed by atoms with Crippen molar-refractivity contribution in [1.82, 2.24) is 4.72 Å². The van der Waals surface area contributed by atoms with Gasteiger partial charge in [0.25, 0.3) is 0 Å². The van der Waals surface area contributed by atoms with E-state index in [4.69, 9.17) is 5.11 Å². The van der Waals surface area contributed by atoms with E-state index in [1.165, 1.54) is 5.38 Å². The van der Waals surface area contributed by atoms with Crippen molar-refractivity contribution in [2.45, 2.75) is 18.4 Å². The van der Waals surface area contributed by atoms with E-state index in [-0.39, 0.29) is 16.3 Å². The van der Waals surface area contributed by atoms with E-state index < -0.39 is 16.0 Å². The second kappa shape index (κ2) is 5.74. The first-order chi connectivity index (χ1) is 9.38. The van der Waals surface area contributed by atoms with Gasteiger partial charge < -0.3 is 5.11 Å². The van der Waals surface area contributed by atoms with Crippen molar-refractivity contribution in [3.8, 4) is 0 Å². The number of nitrogens with one attached hydrogen (secondary N) is 1. The van der Waals surface area contributed by atoms with Crippen LogP contribution in [0, 0.1) is 6.92 Å². The first kappa shape index (κ1) is 14.7. The van der Waals surface area contributed by atoms with E-state index in [1.54, 1.807) is 0 Å². The normalized spacial score (nSPS) is 11.4. The molecule has 1 aromatic carbocycles. The lowest BCUT2D eigenvalue weighted by atomic mass is 10.2. The number of carboxylic acid groups (broad SMARTS) is 1. The predicted molar refractivity (Wildman–Crippen MR) is 76.5 cm³/mol. The monoisotopic (exact) mass is 311 g/mol. The van der Waals surface area contributed by atoms with E-state index in [9.17, 15) is 13.2 Å². The van der Waals surface area contributed by atoms with Crippen molar-refractivity contribution in [2.24, 2.45) is 0 Å². The maximum atomic E-state index is 12.0. The molecule has 0 saturated carbocycles. The second-order valence-corrected chi connectivity index (χ2v) is 6.94. The summed E-state index contributed by atoms with van der Waals surface area (Å²) in [5.74, 6) is -1.13. The summed E-state index contributed by atoms with van der Waals surface area (Å²) >= 11 is 0.889. The number of aryl methyl sites for hydroxylation is 1. The molecule has 0 unspecified atom stereocenters. The minimum absolute atomic E-state index is 0.000658. The minimum atomic E-state index is -3.68. The van der Waals surface area contributed by atoms with Crippen molar-refractivity contribution in [1.29, 1.82) is 0 Å². The largest absolute Gasteiger partial charge is 0.477 e. The zero-order chi connectivity index (χ0) is 14.8. The molecular weight excluding hydrogens is 298 g/mol. The Labute approximate surface area is 120 Å². The van der Waals surface area contributed by atoms with Crippen LogP contribution >= 0.6 is 11.3 Å². The van der Waals surface area contributed by atoms with Crippen LogP contribution in [0.4, 0.5) is 0 Å². The Morgan fingerprint density at radius 2 is 1.95 bits per heavy atom. The molecule has 2 N–H and O–H groups in total. The van der Waals surface area contributed by atoms with Crippen LogP contribution < -0.4 is 4.72 Å². The summed E-state index contributed by atoms with van der Waals surface area (Å²) in [4.78, 5) is 10.7. The number of hydrogen-bond acceptors (Lipinski definition) is 4. The van der Waals surface area contributed by atoms with Crippen LogP contribution in [0.1, 0.15) is 20.8 Å². The quantitative estimate of drug-likeness (QED) is 0.887. The van der Waals surface area contributed by atoms with Crippen LogP contribution in [0.25, 0.3) is 0 Å². The summed E-state index contributed by atoms with van der Waals surface area (Å²) in [6.45, 7) is 2.12. The summed E-state index contributed by atoms with van der Waals surface area (Å²) in [7, 11) is -3.68. The molecule has 0 radical (unpaired) electrons. The molecule has 5 nitrogen and oxygen atoms in total. The lowest BCUT2D eigenvalue weighted by Gasteiger charge is -2.05. The average Bonchev–Trinajstić information content (AvgIpc) is 2.89. The third kappa shape index (κ3) is 3.44. The molecular formula is C13H13NO4S2. The standard InChI is InChI=1S/C13H13NO4S2/c1-9-2-4-10(5-3-9)7-14-20(17,18)11-6-12(13(15)16)19-8-11/h2-6,8,14H,7H2,1H3,(H,15,16). The Hall–Kier alpha value is -1.70. The second-order valence-electron chi connectivity index (χ2n) is 4.26. The molecule has 0 spiro atoms. The Balaban J connectivity index is 2.10. The first-order valence-corrected chi connectivity index (χ1v) is 8.12. The molecule has 7 heteroatoms. The Bertz CT molecular complexity index is 717. The van der Waals surface area contributed by atoms with Crippen LogP contribution in [0.15, 0.2) is 40.6 Å². The summed E-state index contributed by atoms with van der Waals surface area (Å²) in [5.41, 5.74) is 1.94. The third-order valence-electron chi connectivity index (χ3n) is 2.68. The number of thiophene rings is 1. The molecule has 0 amide bonds. The minimum Gasteiger partial charge on any atom is -0.477 e. The molecule has 0 aliphatic carbocycles. The molecule has 1 aromatic heterocycles. The Morgan fingerprint density at radius 3 is 2.50 bits per heavy atom. The van der Waals surface area contributed by atoms with Crippen molar-refractivity contribution < 1.29 is 18.3 Å². The summed E-state index contributed by atoms with van der Waals surface area (Å²) in [5, 5.41) is 10.1. The third-order valence-corrected chi connectivity index (χ3v) is 5.13. The van der Waals surface area contributed by atoms with E-state index in [2.05, 4.69) is 4.72 Å². The van der Waals surface area contributed by atoms with E-state index in [0.717, 1.165) is 28.5 Å². The van der Waals surface area contributed by atoms with E-state index >= 15 is 0 Å². The lowest BCUT2D eigenvalue weighted by Crippen LogP contribution is -2.22. The van der Waals surface area contributed by atoms with Gasteiger partial charge in [0.2, 0.25) is 10.0 Å². The molecule has 20 heavy (non-hydrogen) atoms. The smallest absolute Gasteiger partial charge is 0.345 e. The van der Waals surface area contributed by atoms with Crippen molar-refractivity contribution >= 4 is 27.3 Å². The molecule has 0 aliphatic rings. The van der Waals surface area contributed by atoms with Crippen LogP contribution in [0.2, 0.25) is 0 Å². The van der Waals surface area contributed by atoms with Crippen molar-refractivity contribution in [3.63, 3.8) is 0 Å². The maximum Gasteiger partial charge on any atom is 0.345 e. The van der Waals surface area contributed by atoms with Gasteiger partial charge >= 0.3 is 5.97 Å². The summed E-state index contributed by atoms with van der Waals surface area (Å²) in [6, 6.07) is 8.64. The van der Waals surface area contributed by atoms with Gasteiger partial charge in [-0.1, -0.05) is 29.8 Å². The lowest BCUT2D eigenvalue weighted by molar-refractivity contribution is 0.0702. The molecule has 2 aromatic rings. The average molecular weight is 311 g/mol. The van der Waals surface area contributed by atoms with Gasteiger partial charge in [0, 0.05) is 11.9 Å². The highest BCUT2D eigenvalue weighted by Gasteiger charge is 2.18. The van der Waals surface area contributed by atoms with Gasteiger partial charge in [-0.2, -0.15) is 0 Å². The number of sulfonamides is 1. The van der Waals surface area contributed by atoms with Crippen molar-refractivity contribution in [3.05, 3.63) is 51.7 Å². The van der Waals surface area contributed by atoms with Crippen LogP contribution in [0.3, 0.4) is 0 Å². The molecule has 0 atom stereocenters. The van der Waals surface area contributed by atoms with Gasteiger partial charge in [0.05, 0.1) is 4.90 Å². The predicted octanol–water partition coefficient (Wildman–Crippen LogP) is 2.23. The zero-order valence-corrected chi connectivity index (χ0v) is 12.3. The Morgan fingerprint density at radius 1 is 1.30 bits per heavy atom. The molecule has 2 rings (SSSR count). The fourth-order valence-electron chi connectivity index (χ4n) is 1.54. The number of carbonyl (C=O) groups is 1. The van der Waals surface area contributed by atoms with Gasteiger partial charge in [-0.15, -0.1) is 11.3 Å². The van der Waals surface area contributed by atoms with Gasteiger partial charge in [0.15, 0.2) is 0 Å². The number of carboxylic acids is 1. The number of hydrogen-bond donors (Lipinski definition) is 2. The molecule has 1 heterocycles. The topological polar surface area (TPSA) is 83.5 Å². The van der Waals surface area contributed by atoms with E-state index in [1.807, 2.05) is 31.2 Å². The molecule has 0 fully saturated rings.